The Kier molecular flexibility index (Phi) is 9.82. The minimum Gasteiger partial charge on any atom is -0.376 e. The van der Waals surface area contributed by atoms with Gasteiger partial charge in [-0.1, -0.05) is 6.92 Å². The van der Waals surface area contributed by atoms with Gasteiger partial charge < -0.3 is 23.4 Å². The minimum atomic E-state index is -1.39. The van der Waals surface area contributed by atoms with Crippen LogP contribution in [0.4, 0.5) is 0 Å². The summed E-state index contributed by atoms with van der Waals surface area (Å²) in [5, 5.41) is 0. The zero-order valence-corrected chi connectivity index (χ0v) is 19.9. The van der Waals surface area contributed by atoms with Crippen LogP contribution in [0.5, 0.6) is 0 Å². The Balaban J connectivity index is 2.16. The molecule has 11 heteroatoms. The molecule has 0 radical (unpaired) electrons. The Morgan fingerprint density at radius 2 is 1.97 bits per heavy atom. The van der Waals surface area contributed by atoms with Crippen molar-refractivity contribution in [2.24, 2.45) is 5.92 Å². The molecular weight excluding hydrogens is 423 g/mol. The first-order valence-electron chi connectivity index (χ1n) is 10.4. The number of ether oxygens (including phenoxy) is 2. The van der Waals surface area contributed by atoms with Crippen molar-refractivity contribution >= 4 is 8.53 Å². The molecule has 2 rings (SSSR count). The van der Waals surface area contributed by atoms with Crippen LogP contribution < -0.4 is 11.2 Å². The van der Waals surface area contributed by atoms with Crippen LogP contribution in [0, 0.1) is 12.5 Å². The van der Waals surface area contributed by atoms with Crippen LogP contribution in [0.15, 0.2) is 21.9 Å². The Hall–Kier alpha value is -1.60. The van der Waals surface area contributed by atoms with Crippen LogP contribution >= 0.6 is 8.53 Å². The summed E-state index contributed by atoms with van der Waals surface area (Å²) in [6.45, 7) is 18.1. The van der Waals surface area contributed by atoms with Crippen molar-refractivity contribution < 1.29 is 18.5 Å². The summed E-state index contributed by atoms with van der Waals surface area (Å²) < 4.78 is 27.4. The lowest BCUT2D eigenvalue weighted by atomic mass is 10.0. The van der Waals surface area contributed by atoms with Crippen molar-refractivity contribution in [1.82, 2.24) is 14.2 Å². The molecule has 1 aromatic rings. The first-order chi connectivity index (χ1) is 14.7. The first-order valence-corrected chi connectivity index (χ1v) is 11.5. The Labute approximate surface area is 184 Å². The summed E-state index contributed by atoms with van der Waals surface area (Å²) in [6.07, 6.45) is -0.00588. The van der Waals surface area contributed by atoms with Crippen molar-refractivity contribution in [2.75, 3.05) is 26.9 Å². The number of aromatic nitrogens is 2. The molecule has 0 bridgehead atoms. The lowest BCUT2D eigenvalue weighted by Crippen LogP contribution is -2.36. The SMILES string of the molecule is [C-]#[N+]CCOP(OC[C@H]1O[C@@H](n2ccc(=O)[nH]c2=O)[C@H](OC)[C@@H]1C)N(C(C)C)C(C)C. The number of H-pyrrole nitrogens is 1. The molecule has 0 spiro atoms. The molecule has 1 N–H and O–H groups in total. The third kappa shape index (κ3) is 6.45. The second-order valence-corrected chi connectivity index (χ2v) is 9.41. The summed E-state index contributed by atoms with van der Waals surface area (Å²) in [5.74, 6) is -0.0690. The number of methoxy groups -OCH3 is 1. The molecule has 1 aliphatic heterocycles. The quantitative estimate of drug-likeness (QED) is 0.310. The van der Waals surface area contributed by atoms with Gasteiger partial charge >= 0.3 is 5.69 Å². The molecule has 1 aliphatic rings. The van der Waals surface area contributed by atoms with Gasteiger partial charge in [-0.15, -0.1) is 0 Å². The second kappa shape index (κ2) is 11.9. The second-order valence-electron chi connectivity index (χ2n) is 7.96. The molecule has 0 aliphatic carbocycles. The highest BCUT2D eigenvalue weighted by Gasteiger charge is 2.44. The molecule has 10 nitrogen and oxygen atoms in total. The van der Waals surface area contributed by atoms with Crippen LogP contribution in [0.25, 0.3) is 4.85 Å². The molecule has 0 amide bonds. The topological polar surface area (TPSA) is 99.4 Å². The van der Waals surface area contributed by atoms with E-state index >= 15 is 0 Å². The number of hydrogen-bond acceptors (Lipinski definition) is 7. The molecule has 0 saturated carbocycles. The van der Waals surface area contributed by atoms with Crippen molar-refractivity contribution in [3.8, 4) is 0 Å². The summed E-state index contributed by atoms with van der Waals surface area (Å²) in [4.78, 5) is 29.2. The number of nitrogens with zero attached hydrogens (tertiary/aromatic N) is 3. The van der Waals surface area contributed by atoms with E-state index < -0.39 is 32.1 Å². The molecule has 174 valence electrons. The van der Waals surface area contributed by atoms with E-state index in [0.717, 1.165) is 0 Å². The Morgan fingerprint density at radius 1 is 1.29 bits per heavy atom. The highest BCUT2D eigenvalue weighted by Crippen LogP contribution is 2.47. The number of nitrogens with one attached hydrogen (secondary N) is 1. The van der Waals surface area contributed by atoms with Crippen LogP contribution in [0.2, 0.25) is 0 Å². The standard InChI is InChI=1S/C20H33N4O6P/c1-13(2)24(14(3)4)31(28-11-9-21-6)29-12-16-15(5)18(27-7)19(30-16)23-10-8-17(25)22-20(23)26/h8,10,13-16,18-19H,9,11-12H2,1-5,7H3,(H,22,25,26)/t15-,16-,18-,19-,31?/m1/s1. The van der Waals surface area contributed by atoms with Gasteiger partial charge in [0.05, 0.1) is 12.7 Å². The zero-order valence-electron chi connectivity index (χ0n) is 19.0. The van der Waals surface area contributed by atoms with Gasteiger partial charge in [-0.05, 0) is 27.7 Å². The maximum absolute atomic E-state index is 12.2. The average molecular weight is 456 g/mol. The van der Waals surface area contributed by atoms with Gasteiger partial charge in [0.15, 0.2) is 6.23 Å². The van der Waals surface area contributed by atoms with Crippen LogP contribution in [0.1, 0.15) is 40.8 Å². The van der Waals surface area contributed by atoms with Gasteiger partial charge in [0.1, 0.15) is 12.7 Å². The zero-order chi connectivity index (χ0) is 23.1. The highest BCUT2D eigenvalue weighted by molar-refractivity contribution is 7.44. The number of rotatable bonds is 11. The molecule has 1 aromatic heterocycles. The van der Waals surface area contributed by atoms with Crippen LogP contribution in [0.3, 0.4) is 0 Å². The van der Waals surface area contributed by atoms with E-state index in [-0.39, 0.29) is 37.3 Å². The summed E-state index contributed by atoms with van der Waals surface area (Å²) in [7, 11) is 0.172. The summed E-state index contributed by atoms with van der Waals surface area (Å²) in [6, 6.07) is 1.67. The number of aromatic amines is 1. The van der Waals surface area contributed by atoms with Crippen molar-refractivity contribution in [1.29, 1.82) is 0 Å². The van der Waals surface area contributed by atoms with Gasteiger partial charge in [0.25, 0.3) is 14.1 Å². The van der Waals surface area contributed by atoms with E-state index in [1.54, 1.807) is 7.11 Å². The fraction of sp³-hybridized carbons (Fsp3) is 0.750. The maximum Gasteiger partial charge on any atom is 0.330 e. The molecule has 0 aromatic carbocycles. The Bertz CT molecular complexity index is 843. The molecule has 5 atom stereocenters. The smallest absolute Gasteiger partial charge is 0.330 e. The van der Waals surface area contributed by atoms with Gasteiger partial charge in [0.2, 0.25) is 6.54 Å². The van der Waals surface area contributed by atoms with E-state index in [1.807, 2.05) is 6.92 Å². The van der Waals surface area contributed by atoms with E-state index in [9.17, 15) is 9.59 Å². The van der Waals surface area contributed by atoms with Crippen LogP contribution in [-0.4, -0.2) is 65.4 Å². The first kappa shape index (κ1) is 25.7. The van der Waals surface area contributed by atoms with E-state index in [1.165, 1.54) is 16.8 Å². The maximum atomic E-state index is 12.2. The third-order valence-electron chi connectivity index (χ3n) is 5.10. The van der Waals surface area contributed by atoms with E-state index in [4.69, 9.17) is 25.1 Å². The summed E-state index contributed by atoms with van der Waals surface area (Å²) >= 11 is 0. The van der Waals surface area contributed by atoms with Gasteiger partial charge in [-0.2, -0.15) is 0 Å². The van der Waals surface area contributed by atoms with Crippen molar-refractivity contribution in [2.45, 2.75) is 65.1 Å². The largest absolute Gasteiger partial charge is 0.376 e. The van der Waals surface area contributed by atoms with Crippen molar-refractivity contribution in [3.05, 3.63) is 44.5 Å². The predicted octanol–water partition coefficient (Wildman–Crippen LogP) is 2.38. The van der Waals surface area contributed by atoms with Gasteiger partial charge in [0, 0.05) is 37.4 Å². The minimum absolute atomic E-state index is 0.0690. The fourth-order valence-electron chi connectivity index (χ4n) is 3.67. The lowest BCUT2D eigenvalue weighted by Gasteiger charge is -2.36. The predicted molar refractivity (Wildman–Crippen MR) is 118 cm³/mol. The molecular formula is C20H33N4O6P. The average Bonchev–Trinajstić information content (AvgIpc) is 3.00. The monoisotopic (exact) mass is 456 g/mol. The van der Waals surface area contributed by atoms with Gasteiger partial charge in [-0.25, -0.2) is 16.0 Å². The van der Waals surface area contributed by atoms with E-state index in [2.05, 4.69) is 42.2 Å². The molecule has 31 heavy (non-hydrogen) atoms. The Morgan fingerprint density at radius 3 is 2.52 bits per heavy atom. The molecule has 1 fully saturated rings. The molecule has 2 heterocycles. The summed E-state index contributed by atoms with van der Waals surface area (Å²) in [5.41, 5.74) is -1.02. The third-order valence-corrected chi connectivity index (χ3v) is 7.17. The molecule has 1 saturated heterocycles. The normalized spacial score (nSPS) is 24.8. The van der Waals surface area contributed by atoms with Crippen molar-refractivity contribution in [3.63, 3.8) is 0 Å². The lowest BCUT2D eigenvalue weighted by molar-refractivity contribution is -0.0612. The molecule has 1 unspecified atom stereocenters. The highest BCUT2D eigenvalue weighted by atomic mass is 31.2. The fourth-order valence-corrected chi connectivity index (χ4v) is 5.28. The van der Waals surface area contributed by atoms with Gasteiger partial charge in [-0.3, -0.25) is 14.3 Å². The van der Waals surface area contributed by atoms with Crippen LogP contribution in [-0.2, 0) is 18.5 Å². The number of hydrogen-bond donors (Lipinski definition) is 1. The van der Waals surface area contributed by atoms with E-state index in [0.29, 0.717) is 6.61 Å².